The number of methoxy groups -OCH3 is 2. The minimum atomic E-state index is -0.562. The Hall–Kier alpha value is -2.38. The van der Waals surface area contributed by atoms with Crippen LogP contribution < -0.4 is 9.47 Å². The van der Waals surface area contributed by atoms with Gasteiger partial charge in [0, 0.05) is 11.6 Å². The Kier molecular flexibility index (Phi) is 6.97. The van der Waals surface area contributed by atoms with Crippen LogP contribution >= 0.6 is 15.9 Å². The van der Waals surface area contributed by atoms with E-state index in [9.17, 15) is 9.59 Å². The molecule has 0 aromatic heterocycles. The van der Waals surface area contributed by atoms with Gasteiger partial charge in [-0.05, 0) is 42.5 Å². The van der Waals surface area contributed by atoms with Crippen molar-refractivity contribution in [2.24, 2.45) is 0 Å². The van der Waals surface area contributed by atoms with E-state index >= 15 is 0 Å². The van der Waals surface area contributed by atoms with E-state index in [1.807, 2.05) is 0 Å². The lowest BCUT2D eigenvalue weighted by atomic mass is 10.2. The van der Waals surface area contributed by atoms with E-state index in [0.29, 0.717) is 29.2 Å². The van der Waals surface area contributed by atoms with E-state index in [4.69, 9.17) is 18.9 Å². The molecule has 0 atom stereocenters. The molecule has 0 saturated heterocycles. The van der Waals surface area contributed by atoms with E-state index in [0.717, 1.165) is 4.47 Å². The number of esters is 2. The molecule has 132 valence electrons. The topological polar surface area (TPSA) is 71.1 Å². The molecule has 0 amide bonds. The predicted molar refractivity (Wildman–Crippen MR) is 94.3 cm³/mol. The van der Waals surface area contributed by atoms with Gasteiger partial charge in [0.15, 0.2) is 0 Å². The van der Waals surface area contributed by atoms with Crippen molar-refractivity contribution >= 4 is 27.9 Å². The first kappa shape index (κ1) is 19.0. The summed E-state index contributed by atoms with van der Waals surface area (Å²) in [6.07, 6.45) is 0. The molecular weight excluding hydrogens is 392 g/mol. The zero-order valence-corrected chi connectivity index (χ0v) is 15.4. The van der Waals surface area contributed by atoms with Crippen LogP contribution in [0.5, 0.6) is 11.5 Å². The molecule has 0 saturated carbocycles. The van der Waals surface area contributed by atoms with Gasteiger partial charge in [-0.1, -0.05) is 15.9 Å². The third-order valence-corrected chi connectivity index (χ3v) is 3.70. The second-order valence-electron chi connectivity index (χ2n) is 4.89. The highest BCUT2D eigenvalue weighted by Gasteiger charge is 2.16. The number of carbonyl (C=O) groups is 2. The van der Waals surface area contributed by atoms with Crippen molar-refractivity contribution in [3.05, 3.63) is 58.1 Å². The van der Waals surface area contributed by atoms with Crippen LogP contribution in [0.15, 0.2) is 46.9 Å². The Labute approximate surface area is 153 Å². The molecule has 2 aromatic rings. The smallest absolute Gasteiger partial charge is 0.347 e. The van der Waals surface area contributed by atoms with Crippen LogP contribution in [-0.4, -0.2) is 39.4 Å². The van der Waals surface area contributed by atoms with Crippen LogP contribution in [0, 0.1) is 0 Å². The molecule has 7 heteroatoms. The quantitative estimate of drug-likeness (QED) is 0.396. The van der Waals surface area contributed by atoms with Gasteiger partial charge in [0.2, 0.25) is 0 Å². The maximum absolute atomic E-state index is 12.3. The van der Waals surface area contributed by atoms with Gasteiger partial charge in [-0.25, -0.2) is 9.59 Å². The molecular formula is C18H17BrO6. The summed E-state index contributed by atoms with van der Waals surface area (Å²) >= 11 is 3.31. The zero-order chi connectivity index (χ0) is 18.2. The molecule has 2 aromatic carbocycles. The van der Waals surface area contributed by atoms with Gasteiger partial charge in [-0.3, -0.25) is 0 Å². The largest absolute Gasteiger partial charge is 0.496 e. The summed E-state index contributed by atoms with van der Waals surface area (Å²) in [7, 11) is 3.00. The molecule has 6 nitrogen and oxygen atoms in total. The number of carbonyl (C=O) groups excluding carboxylic acids is 2. The van der Waals surface area contributed by atoms with Crippen LogP contribution in [0.1, 0.15) is 20.7 Å². The molecule has 0 N–H and O–H groups in total. The maximum atomic E-state index is 12.3. The average molecular weight is 409 g/mol. The molecule has 0 spiro atoms. The van der Waals surface area contributed by atoms with Gasteiger partial charge < -0.3 is 18.9 Å². The van der Waals surface area contributed by atoms with Crippen molar-refractivity contribution in [2.45, 2.75) is 0 Å². The van der Waals surface area contributed by atoms with Gasteiger partial charge in [0.05, 0.1) is 19.3 Å². The van der Waals surface area contributed by atoms with Crippen molar-refractivity contribution in [3.8, 4) is 11.5 Å². The van der Waals surface area contributed by atoms with Crippen LogP contribution in [0.2, 0.25) is 0 Å². The SMILES string of the molecule is COCCOC(=O)c1ccc(OC(=O)c2cc(Br)ccc2OC)cc1. The van der Waals surface area contributed by atoms with Crippen molar-refractivity contribution in [1.82, 2.24) is 0 Å². The summed E-state index contributed by atoms with van der Waals surface area (Å²) < 4.78 is 21.0. The first-order valence-corrected chi connectivity index (χ1v) is 8.16. The fraction of sp³-hybridized carbons (Fsp3) is 0.222. The fourth-order valence-corrected chi connectivity index (χ4v) is 2.32. The lowest BCUT2D eigenvalue weighted by Crippen LogP contribution is -2.11. The lowest BCUT2D eigenvalue weighted by molar-refractivity contribution is 0.0388. The number of rotatable bonds is 7. The summed E-state index contributed by atoms with van der Waals surface area (Å²) in [6, 6.07) is 11.1. The number of ether oxygens (including phenoxy) is 4. The molecule has 0 heterocycles. The Morgan fingerprint density at radius 3 is 2.32 bits per heavy atom. The van der Waals surface area contributed by atoms with Gasteiger partial charge in [0.1, 0.15) is 23.7 Å². The molecule has 0 aliphatic rings. The molecule has 2 rings (SSSR count). The highest BCUT2D eigenvalue weighted by atomic mass is 79.9. The summed E-state index contributed by atoms with van der Waals surface area (Å²) in [6.45, 7) is 0.505. The van der Waals surface area contributed by atoms with Gasteiger partial charge in [-0.15, -0.1) is 0 Å². The summed E-state index contributed by atoms with van der Waals surface area (Å²) in [5, 5.41) is 0. The second-order valence-corrected chi connectivity index (χ2v) is 5.80. The van der Waals surface area contributed by atoms with E-state index in [1.54, 1.807) is 18.2 Å². The Bertz CT molecular complexity index is 742. The van der Waals surface area contributed by atoms with Crippen LogP contribution in [-0.2, 0) is 9.47 Å². The van der Waals surface area contributed by atoms with Crippen LogP contribution in [0.4, 0.5) is 0 Å². The standard InChI is InChI=1S/C18H17BrO6/c1-22-9-10-24-17(20)12-3-6-14(7-4-12)25-18(21)15-11-13(19)5-8-16(15)23-2/h3-8,11H,9-10H2,1-2H3. The van der Waals surface area contributed by atoms with Gasteiger partial charge >= 0.3 is 11.9 Å². The van der Waals surface area contributed by atoms with Crippen LogP contribution in [0.25, 0.3) is 0 Å². The van der Waals surface area contributed by atoms with Crippen molar-refractivity contribution in [1.29, 1.82) is 0 Å². The second kappa shape index (κ2) is 9.19. The Morgan fingerprint density at radius 1 is 0.960 bits per heavy atom. The Morgan fingerprint density at radius 2 is 1.68 bits per heavy atom. The minimum Gasteiger partial charge on any atom is -0.496 e. The Balaban J connectivity index is 2.05. The van der Waals surface area contributed by atoms with Gasteiger partial charge in [0.25, 0.3) is 0 Å². The normalized spacial score (nSPS) is 10.2. The highest BCUT2D eigenvalue weighted by molar-refractivity contribution is 9.10. The minimum absolute atomic E-state index is 0.175. The van der Waals surface area contributed by atoms with Crippen molar-refractivity contribution < 1.29 is 28.5 Å². The number of halogens is 1. The molecule has 0 aliphatic heterocycles. The maximum Gasteiger partial charge on any atom is 0.347 e. The summed E-state index contributed by atoms with van der Waals surface area (Å²) in [4.78, 5) is 24.1. The number of hydrogen-bond donors (Lipinski definition) is 0. The summed E-state index contributed by atoms with van der Waals surface area (Å²) in [5.41, 5.74) is 0.649. The number of hydrogen-bond acceptors (Lipinski definition) is 6. The van der Waals surface area contributed by atoms with Crippen molar-refractivity contribution in [2.75, 3.05) is 27.4 Å². The van der Waals surface area contributed by atoms with E-state index < -0.39 is 11.9 Å². The number of benzene rings is 2. The fourth-order valence-electron chi connectivity index (χ4n) is 1.96. The molecule has 0 bridgehead atoms. The molecule has 0 radical (unpaired) electrons. The lowest BCUT2D eigenvalue weighted by Gasteiger charge is -2.09. The predicted octanol–water partition coefficient (Wildman–Crippen LogP) is 3.48. The summed E-state index contributed by atoms with van der Waals surface area (Å²) in [5.74, 6) is -0.316. The van der Waals surface area contributed by atoms with Crippen molar-refractivity contribution in [3.63, 3.8) is 0 Å². The monoisotopic (exact) mass is 408 g/mol. The zero-order valence-electron chi connectivity index (χ0n) is 13.8. The van der Waals surface area contributed by atoms with E-state index in [1.165, 1.54) is 38.5 Å². The van der Waals surface area contributed by atoms with Crippen LogP contribution in [0.3, 0.4) is 0 Å². The van der Waals surface area contributed by atoms with E-state index in [-0.39, 0.29) is 6.61 Å². The first-order chi connectivity index (χ1) is 12.0. The third-order valence-electron chi connectivity index (χ3n) is 3.20. The average Bonchev–Trinajstić information content (AvgIpc) is 2.62. The third kappa shape index (κ3) is 5.30. The van der Waals surface area contributed by atoms with E-state index in [2.05, 4.69) is 15.9 Å². The molecule has 0 aliphatic carbocycles. The molecule has 0 fully saturated rings. The molecule has 25 heavy (non-hydrogen) atoms. The highest BCUT2D eigenvalue weighted by Crippen LogP contribution is 2.24. The van der Waals surface area contributed by atoms with Gasteiger partial charge in [-0.2, -0.15) is 0 Å². The molecule has 0 unspecified atom stereocenters. The first-order valence-electron chi connectivity index (χ1n) is 7.37.